The first-order valence-corrected chi connectivity index (χ1v) is 2.66. The fraction of sp³-hybridized carbons (Fsp3) is 0. The number of H-pyrrole nitrogens is 1. The van der Waals surface area contributed by atoms with E-state index in [2.05, 4.69) is 4.98 Å². The van der Waals surface area contributed by atoms with Gasteiger partial charge in [-0.15, -0.1) is 49.6 Å². The molecule has 1 aromatic rings. The molecule has 1 aromatic heterocycles. The van der Waals surface area contributed by atoms with E-state index in [0.29, 0.717) is 0 Å². The van der Waals surface area contributed by atoms with Gasteiger partial charge in [-0.25, -0.2) is 4.98 Å². The zero-order valence-corrected chi connectivity index (χ0v) is 10.5. The standard InChI is InChI=1S/C5H5N.4ClH.O.V/c1-2-4-6-5-3-1;;;;;;/h1-5H;4*1H;;/p+1. The van der Waals surface area contributed by atoms with E-state index in [-0.39, 0.29) is 49.6 Å². The monoisotopic (exact) mass is 291 g/mol. The van der Waals surface area contributed by atoms with Crippen LogP contribution in [-0.2, 0) is 21.0 Å². The molecule has 0 aromatic carbocycles. The van der Waals surface area contributed by atoms with Crippen molar-refractivity contribution >= 4 is 49.6 Å². The Morgan fingerprint density at radius 3 is 1.17 bits per heavy atom. The van der Waals surface area contributed by atoms with Gasteiger partial charge in [0.25, 0.3) is 0 Å². The second-order valence-corrected chi connectivity index (χ2v) is 1.08. The van der Waals surface area contributed by atoms with Crippen LogP contribution in [0.1, 0.15) is 0 Å². The third-order valence-electron chi connectivity index (χ3n) is 0.607. The summed E-state index contributed by atoms with van der Waals surface area (Å²) < 4.78 is 8.19. The number of nitrogens with one attached hydrogen (secondary N) is 1. The topological polar surface area (TPSA) is 31.2 Å². The van der Waals surface area contributed by atoms with Crippen LogP contribution < -0.4 is 4.98 Å². The van der Waals surface area contributed by atoms with Gasteiger partial charge in [0.2, 0.25) is 0 Å². The maximum Gasteiger partial charge on any atom is 0.166 e. The molecule has 0 fully saturated rings. The van der Waals surface area contributed by atoms with E-state index < -0.39 is 0 Å². The summed E-state index contributed by atoms with van der Waals surface area (Å²) in [6.07, 6.45) is 3.75. The largest absolute Gasteiger partial charge is 0.218 e. The molecule has 0 spiro atoms. The molecule has 1 heterocycles. The summed E-state index contributed by atoms with van der Waals surface area (Å²) >= 11 is 1.06. The van der Waals surface area contributed by atoms with Gasteiger partial charge >= 0.3 is 21.0 Å². The van der Waals surface area contributed by atoms with Crippen LogP contribution in [-0.4, -0.2) is 0 Å². The molecule has 0 atom stereocenters. The van der Waals surface area contributed by atoms with Crippen LogP contribution in [0.4, 0.5) is 0 Å². The maximum atomic E-state index is 8.19. The summed E-state index contributed by atoms with van der Waals surface area (Å²) in [5, 5.41) is 0. The fourth-order valence-electron chi connectivity index (χ4n) is 0.342. The summed E-state index contributed by atoms with van der Waals surface area (Å²) in [6, 6.07) is 5.86. The summed E-state index contributed by atoms with van der Waals surface area (Å²) in [7, 11) is 0. The van der Waals surface area contributed by atoms with Crippen LogP contribution in [0, 0.1) is 0 Å². The second kappa shape index (κ2) is 29.8. The molecule has 2 nitrogen and oxygen atoms in total. The molecule has 0 aliphatic carbocycles. The molecule has 1 N–H and O–H groups in total. The van der Waals surface area contributed by atoms with Gasteiger partial charge < -0.3 is 0 Å². The first-order chi connectivity index (χ1) is 4.00. The minimum absolute atomic E-state index is 0. The summed E-state index contributed by atoms with van der Waals surface area (Å²) in [5.41, 5.74) is 0. The number of hydrogen-bond donors (Lipinski definition) is 0. The molecule has 0 aliphatic rings. The first-order valence-electron chi connectivity index (χ1n) is 2.09. The van der Waals surface area contributed by atoms with Crippen molar-refractivity contribution in [2.75, 3.05) is 0 Å². The first kappa shape index (κ1) is 29.3. The number of aromatic amines is 1. The predicted molar refractivity (Wildman–Crippen MR) is 52.7 cm³/mol. The zero-order chi connectivity index (χ0) is 6.24. The fourth-order valence-corrected chi connectivity index (χ4v) is 0.342. The van der Waals surface area contributed by atoms with Gasteiger partial charge in [-0.3, -0.25) is 0 Å². The molecule has 73 valence electrons. The Kier molecular flexibility index (Phi) is 72.9. The molecule has 0 unspecified atom stereocenters. The van der Waals surface area contributed by atoms with E-state index in [1.807, 2.05) is 30.6 Å². The third-order valence-corrected chi connectivity index (χ3v) is 0.607. The third kappa shape index (κ3) is 22.4. The molecule has 0 radical (unpaired) electrons. The normalized spacial score (nSPS) is 4.25. The van der Waals surface area contributed by atoms with Gasteiger partial charge in [-0.05, 0) is 0 Å². The Morgan fingerprint density at radius 1 is 0.750 bits per heavy atom. The molecular weight excluding hydrogens is 283 g/mol. The van der Waals surface area contributed by atoms with Crippen LogP contribution in [0.2, 0.25) is 0 Å². The Bertz CT molecular complexity index is 106. The second-order valence-electron chi connectivity index (χ2n) is 1.08. The number of rotatable bonds is 0. The van der Waals surface area contributed by atoms with Crippen LogP contribution in [0.5, 0.6) is 0 Å². The summed E-state index contributed by atoms with van der Waals surface area (Å²) in [4.78, 5) is 2.89. The van der Waals surface area contributed by atoms with Crippen LogP contribution in [0.3, 0.4) is 0 Å². The molecule has 7 heteroatoms. The van der Waals surface area contributed by atoms with Crippen molar-refractivity contribution in [1.29, 1.82) is 0 Å². The van der Waals surface area contributed by atoms with Crippen LogP contribution in [0.25, 0.3) is 0 Å². The molecule has 12 heavy (non-hydrogen) atoms. The van der Waals surface area contributed by atoms with Crippen LogP contribution in [0.15, 0.2) is 30.6 Å². The molecule has 0 aliphatic heterocycles. The predicted octanol–water partition coefficient (Wildman–Crippen LogP) is 2.07. The van der Waals surface area contributed by atoms with Crippen molar-refractivity contribution in [3.05, 3.63) is 30.6 Å². The van der Waals surface area contributed by atoms with Crippen molar-refractivity contribution in [1.82, 2.24) is 0 Å². The quantitative estimate of drug-likeness (QED) is 0.720. The van der Waals surface area contributed by atoms with Gasteiger partial charge in [0.15, 0.2) is 12.4 Å². The Labute approximate surface area is 106 Å². The molecule has 0 saturated carbocycles. The van der Waals surface area contributed by atoms with E-state index in [9.17, 15) is 0 Å². The van der Waals surface area contributed by atoms with Crippen molar-refractivity contribution < 1.29 is 26.0 Å². The number of pyridine rings is 1. The van der Waals surface area contributed by atoms with Gasteiger partial charge in [-0.2, -0.15) is 0 Å². The minimum atomic E-state index is 0. The van der Waals surface area contributed by atoms with E-state index in [0.717, 1.165) is 17.4 Å². The molecular formula is C5H10Cl4NOV+. The molecule has 0 amide bonds. The number of aromatic nitrogens is 1. The van der Waals surface area contributed by atoms with Gasteiger partial charge in [-0.1, -0.05) is 6.07 Å². The Morgan fingerprint density at radius 2 is 1.08 bits per heavy atom. The maximum absolute atomic E-state index is 8.19. The summed E-state index contributed by atoms with van der Waals surface area (Å²) in [6.45, 7) is 0. The van der Waals surface area contributed by atoms with Crippen molar-refractivity contribution in [2.24, 2.45) is 0 Å². The molecule has 0 bridgehead atoms. The smallest absolute Gasteiger partial charge is 0.166 e. The Balaban J connectivity index is -0.0000000257. The van der Waals surface area contributed by atoms with Crippen molar-refractivity contribution in [3.63, 3.8) is 0 Å². The van der Waals surface area contributed by atoms with Gasteiger partial charge in [0, 0.05) is 12.1 Å². The van der Waals surface area contributed by atoms with E-state index in [4.69, 9.17) is 3.67 Å². The molecule has 0 saturated heterocycles. The van der Waals surface area contributed by atoms with Gasteiger partial charge in [0.05, 0.1) is 0 Å². The Hall–Kier alpha value is 0.694. The van der Waals surface area contributed by atoms with E-state index >= 15 is 0 Å². The molecule has 1 rings (SSSR count). The zero-order valence-electron chi connectivity index (χ0n) is 5.88. The van der Waals surface area contributed by atoms with Crippen molar-refractivity contribution in [2.45, 2.75) is 0 Å². The average molecular weight is 293 g/mol. The SMILES string of the molecule is Cl.Cl.Cl.Cl.[O]=[V].c1cc[nH+]cc1. The van der Waals surface area contributed by atoms with E-state index in [1.54, 1.807) is 0 Å². The number of hydrogen-bond acceptors (Lipinski definition) is 1. The number of halogens is 4. The minimum Gasteiger partial charge on any atom is -0.218 e. The summed E-state index contributed by atoms with van der Waals surface area (Å²) in [5.74, 6) is 0. The van der Waals surface area contributed by atoms with Gasteiger partial charge in [0.1, 0.15) is 0 Å². The van der Waals surface area contributed by atoms with E-state index in [1.165, 1.54) is 0 Å². The van der Waals surface area contributed by atoms with Crippen LogP contribution >= 0.6 is 49.6 Å². The van der Waals surface area contributed by atoms with Crippen molar-refractivity contribution in [3.8, 4) is 0 Å². The average Bonchev–Trinajstić information content (AvgIpc) is 1.96.